The van der Waals surface area contributed by atoms with Gasteiger partial charge in [0.05, 0.1) is 0 Å². The van der Waals surface area contributed by atoms with Crippen LogP contribution in [0.5, 0.6) is 0 Å². The number of rotatable bonds is 3. The largest absolute Gasteiger partial charge is 0.382 e. The fourth-order valence-corrected chi connectivity index (χ4v) is 2.65. The molecule has 0 aromatic heterocycles. The Bertz CT molecular complexity index is 611. The normalized spacial score (nSPS) is 14.7. The molecular weight excluding hydrogens is 230 g/mol. The maximum Gasteiger partial charge on any atom is 0.0482 e. The predicted octanol–water partition coefficient (Wildman–Crippen LogP) is 4.24. The molecule has 1 nitrogen and oxygen atoms in total. The molecule has 0 aliphatic heterocycles. The first-order valence-corrected chi connectivity index (χ1v) is 6.84. The molecule has 0 bridgehead atoms. The van der Waals surface area contributed by atoms with Crippen LogP contribution in [0, 0.1) is 6.92 Å². The molecule has 0 amide bonds. The van der Waals surface area contributed by atoms with Gasteiger partial charge in [-0.15, -0.1) is 0 Å². The molecule has 96 valence electrons. The smallest absolute Gasteiger partial charge is 0.0482 e. The third-order valence-electron chi connectivity index (χ3n) is 3.71. The van der Waals surface area contributed by atoms with Gasteiger partial charge < -0.3 is 5.32 Å². The van der Waals surface area contributed by atoms with Crippen molar-refractivity contribution < 1.29 is 0 Å². The van der Waals surface area contributed by atoms with Crippen molar-refractivity contribution in [3.05, 3.63) is 76.5 Å². The third-order valence-corrected chi connectivity index (χ3v) is 3.71. The number of nitrogens with one attached hydrogen (secondary N) is 1. The summed E-state index contributed by atoms with van der Waals surface area (Å²) >= 11 is 0. The summed E-state index contributed by atoms with van der Waals surface area (Å²) in [6, 6.07) is 17.6. The topological polar surface area (TPSA) is 12.0 Å². The zero-order valence-electron chi connectivity index (χ0n) is 11.5. The van der Waals surface area contributed by atoms with Crippen LogP contribution in [0.4, 0.5) is 0 Å². The Morgan fingerprint density at radius 2 is 1.84 bits per heavy atom. The van der Waals surface area contributed by atoms with Crippen LogP contribution in [0.2, 0.25) is 0 Å². The summed E-state index contributed by atoms with van der Waals surface area (Å²) in [6.45, 7) is 4.36. The fourth-order valence-electron chi connectivity index (χ4n) is 2.65. The van der Waals surface area contributed by atoms with Crippen molar-refractivity contribution >= 4 is 6.08 Å². The Labute approximate surface area is 115 Å². The zero-order valence-corrected chi connectivity index (χ0v) is 11.5. The minimum atomic E-state index is 0.350. The Kier molecular flexibility index (Phi) is 3.12. The Morgan fingerprint density at radius 3 is 2.63 bits per heavy atom. The molecule has 0 saturated carbocycles. The quantitative estimate of drug-likeness (QED) is 0.857. The maximum atomic E-state index is 3.62. The molecule has 1 unspecified atom stereocenters. The van der Waals surface area contributed by atoms with Crippen LogP contribution < -0.4 is 5.32 Å². The molecule has 0 spiro atoms. The summed E-state index contributed by atoms with van der Waals surface area (Å²) < 4.78 is 0. The maximum absolute atomic E-state index is 3.62. The Balaban J connectivity index is 1.75. The molecule has 1 aliphatic carbocycles. The summed E-state index contributed by atoms with van der Waals surface area (Å²) in [5.41, 5.74) is 6.76. The lowest BCUT2D eigenvalue weighted by molar-refractivity contribution is 0.647. The van der Waals surface area contributed by atoms with E-state index in [4.69, 9.17) is 0 Å². The van der Waals surface area contributed by atoms with Crippen molar-refractivity contribution in [2.75, 3.05) is 0 Å². The van der Waals surface area contributed by atoms with Gasteiger partial charge in [0, 0.05) is 18.2 Å². The minimum absolute atomic E-state index is 0.350. The number of aryl methyl sites for hydroxylation is 1. The molecule has 2 aromatic carbocycles. The summed E-state index contributed by atoms with van der Waals surface area (Å²) in [7, 11) is 0. The summed E-state index contributed by atoms with van der Waals surface area (Å²) in [5.74, 6) is 0. The van der Waals surface area contributed by atoms with Gasteiger partial charge in [0.25, 0.3) is 0 Å². The van der Waals surface area contributed by atoms with E-state index in [-0.39, 0.29) is 0 Å². The Morgan fingerprint density at radius 1 is 1.05 bits per heavy atom. The highest BCUT2D eigenvalue weighted by Gasteiger charge is 2.14. The van der Waals surface area contributed by atoms with E-state index in [0.29, 0.717) is 6.04 Å². The van der Waals surface area contributed by atoms with E-state index in [1.807, 2.05) is 0 Å². The molecule has 1 N–H and O–H groups in total. The molecule has 0 saturated heterocycles. The lowest BCUT2D eigenvalue weighted by atomic mass is 10.1. The van der Waals surface area contributed by atoms with Crippen molar-refractivity contribution in [2.45, 2.75) is 26.3 Å². The molecule has 19 heavy (non-hydrogen) atoms. The third kappa shape index (κ3) is 2.55. The van der Waals surface area contributed by atoms with E-state index in [9.17, 15) is 0 Å². The van der Waals surface area contributed by atoms with Crippen LogP contribution in [0.15, 0.2) is 54.2 Å². The van der Waals surface area contributed by atoms with Gasteiger partial charge in [-0.2, -0.15) is 0 Å². The van der Waals surface area contributed by atoms with Crippen LogP contribution in [0.3, 0.4) is 0 Å². The van der Waals surface area contributed by atoms with Crippen LogP contribution >= 0.6 is 0 Å². The highest BCUT2D eigenvalue weighted by molar-refractivity contribution is 5.64. The second kappa shape index (κ2) is 4.93. The first kappa shape index (κ1) is 12.0. The average molecular weight is 249 g/mol. The molecule has 0 heterocycles. The van der Waals surface area contributed by atoms with E-state index in [1.165, 1.54) is 28.0 Å². The van der Waals surface area contributed by atoms with Gasteiger partial charge in [-0.05, 0) is 36.6 Å². The average Bonchev–Trinajstić information content (AvgIpc) is 2.81. The number of allylic oxidation sites excluding steroid dienone is 1. The highest BCUT2D eigenvalue weighted by Crippen LogP contribution is 2.26. The molecule has 1 heteroatoms. The number of hydrogen-bond donors (Lipinski definition) is 1. The van der Waals surface area contributed by atoms with Crippen molar-refractivity contribution in [3.8, 4) is 0 Å². The number of fused-ring (bicyclic) bond motifs is 1. The van der Waals surface area contributed by atoms with E-state index >= 15 is 0 Å². The van der Waals surface area contributed by atoms with Gasteiger partial charge in [-0.3, -0.25) is 0 Å². The second-order valence-electron chi connectivity index (χ2n) is 5.33. The van der Waals surface area contributed by atoms with E-state index in [1.54, 1.807) is 0 Å². The molecule has 2 aromatic rings. The second-order valence-corrected chi connectivity index (χ2v) is 5.33. The van der Waals surface area contributed by atoms with Gasteiger partial charge in [-0.25, -0.2) is 0 Å². The molecule has 3 rings (SSSR count). The van der Waals surface area contributed by atoms with Crippen LogP contribution in [0.25, 0.3) is 6.08 Å². The van der Waals surface area contributed by atoms with Crippen molar-refractivity contribution in [3.63, 3.8) is 0 Å². The SMILES string of the molecule is Cc1ccc2c(c1)C=C(NC(C)c1ccccc1)C2. The van der Waals surface area contributed by atoms with Gasteiger partial charge in [0.2, 0.25) is 0 Å². The minimum Gasteiger partial charge on any atom is -0.382 e. The Hall–Kier alpha value is -2.02. The summed E-state index contributed by atoms with van der Waals surface area (Å²) in [6.07, 6.45) is 3.30. The van der Waals surface area contributed by atoms with Crippen LogP contribution in [-0.4, -0.2) is 0 Å². The standard InChI is InChI=1S/C18H19N/c1-13-8-9-16-11-18(12-17(16)10-13)19-14(2)15-6-4-3-5-7-15/h3-10,12,14,19H,11H2,1-2H3. The van der Waals surface area contributed by atoms with Crippen molar-refractivity contribution in [1.29, 1.82) is 0 Å². The predicted molar refractivity (Wildman–Crippen MR) is 80.9 cm³/mol. The first-order chi connectivity index (χ1) is 9.22. The fraction of sp³-hybridized carbons (Fsp3) is 0.222. The zero-order chi connectivity index (χ0) is 13.2. The van der Waals surface area contributed by atoms with Gasteiger partial charge in [0.1, 0.15) is 0 Å². The van der Waals surface area contributed by atoms with Crippen LogP contribution in [-0.2, 0) is 6.42 Å². The lowest BCUT2D eigenvalue weighted by Gasteiger charge is -2.16. The molecule has 1 atom stereocenters. The van der Waals surface area contributed by atoms with Crippen LogP contribution in [0.1, 0.15) is 35.2 Å². The van der Waals surface area contributed by atoms with Gasteiger partial charge >= 0.3 is 0 Å². The monoisotopic (exact) mass is 249 g/mol. The van der Waals surface area contributed by atoms with E-state index in [0.717, 1.165) is 6.42 Å². The van der Waals surface area contributed by atoms with E-state index in [2.05, 4.69) is 73.8 Å². The van der Waals surface area contributed by atoms with E-state index < -0.39 is 0 Å². The van der Waals surface area contributed by atoms with Crippen molar-refractivity contribution in [1.82, 2.24) is 5.32 Å². The highest BCUT2D eigenvalue weighted by atomic mass is 14.9. The first-order valence-electron chi connectivity index (χ1n) is 6.84. The van der Waals surface area contributed by atoms with Gasteiger partial charge in [-0.1, -0.05) is 54.1 Å². The summed E-state index contributed by atoms with van der Waals surface area (Å²) in [4.78, 5) is 0. The van der Waals surface area contributed by atoms with Gasteiger partial charge in [0.15, 0.2) is 0 Å². The lowest BCUT2D eigenvalue weighted by Crippen LogP contribution is -2.17. The molecule has 1 aliphatic rings. The number of benzene rings is 2. The molecule has 0 radical (unpaired) electrons. The number of hydrogen-bond acceptors (Lipinski definition) is 1. The van der Waals surface area contributed by atoms with Crippen molar-refractivity contribution in [2.24, 2.45) is 0 Å². The summed E-state index contributed by atoms with van der Waals surface area (Å²) in [5, 5.41) is 3.62. The molecule has 0 fully saturated rings. The molecular formula is C18H19N.